The average Bonchev–Trinajstić information content (AvgIpc) is 2.83. The fourth-order valence-electron chi connectivity index (χ4n) is 1.95. The van der Waals surface area contributed by atoms with E-state index in [0.29, 0.717) is 6.54 Å². The molecule has 2 heterocycles. The van der Waals surface area contributed by atoms with Crippen molar-refractivity contribution in [2.75, 3.05) is 11.9 Å². The Kier molecular flexibility index (Phi) is 2.87. The number of hydrogen-bond donors (Lipinski definition) is 0. The Hall–Kier alpha value is -2.43. The summed E-state index contributed by atoms with van der Waals surface area (Å²) in [4.78, 5) is 11.0. The van der Waals surface area contributed by atoms with Crippen molar-refractivity contribution in [2.24, 2.45) is 0 Å². The summed E-state index contributed by atoms with van der Waals surface area (Å²) in [6.45, 7) is 2.52. The average molecular weight is 254 g/mol. The van der Waals surface area contributed by atoms with Crippen molar-refractivity contribution in [2.45, 2.75) is 13.5 Å². The van der Waals surface area contributed by atoms with Gasteiger partial charge in [0.2, 0.25) is 0 Å². The smallest absolute Gasteiger partial charge is 0.147 e. The van der Waals surface area contributed by atoms with Gasteiger partial charge in [-0.1, -0.05) is 17.3 Å². The third-order valence-corrected chi connectivity index (χ3v) is 2.90. The molecule has 0 radical (unpaired) electrons. The van der Waals surface area contributed by atoms with Gasteiger partial charge in [-0.15, -0.1) is 0 Å². The van der Waals surface area contributed by atoms with Gasteiger partial charge in [0.1, 0.15) is 17.3 Å². The maximum Gasteiger partial charge on any atom is 0.147 e. The van der Waals surface area contributed by atoms with Crippen LogP contribution in [0.1, 0.15) is 11.5 Å². The van der Waals surface area contributed by atoms with E-state index in [1.54, 1.807) is 6.20 Å². The van der Waals surface area contributed by atoms with Gasteiger partial charge >= 0.3 is 0 Å². The molecule has 0 amide bonds. The summed E-state index contributed by atoms with van der Waals surface area (Å²) in [7, 11) is 1.96. The van der Waals surface area contributed by atoms with Gasteiger partial charge in [0.15, 0.2) is 0 Å². The Morgan fingerprint density at radius 1 is 1.21 bits per heavy atom. The molecule has 0 N–H and O–H groups in total. The van der Waals surface area contributed by atoms with Gasteiger partial charge in [0.25, 0.3) is 0 Å². The first kappa shape index (κ1) is 11.6. The van der Waals surface area contributed by atoms with Crippen LogP contribution in [0.3, 0.4) is 0 Å². The largest absolute Gasteiger partial charge is 0.361 e. The minimum Gasteiger partial charge on any atom is -0.361 e. The van der Waals surface area contributed by atoms with E-state index in [2.05, 4.69) is 15.1 Å². The van der Waals surface area contributed by atoms with Crippen molar-refractivity contribution in [1.82, 2.24) is 15.1 Å². The lowest BCUT2D eigenvalue weighted by atomic mass is 10.3. The lowest BCUT2D eigenvalue weighted by Gasteiger charge is -2.16. The summed E-state index contributed by atoms with van der Waals surface area (Å²) in [5.41, 5.74) is 2.68. The summed E-state index contributed by atoms with van der Waals surface area (Å²) in [6.07, 6.45) is 1.77. The van der Waals surface area contributed by atoms with Crippen molar-refractivity contribution in [3.05, 3.63) is 48.0 Å². The number of benzene rings is 1. The number of fused-ring (bicyclic) bond motifs is 1. The Labute approximate surface area is 110 Å². The quantitative estimate of drug-likeness (QED) is 0.719. The molecule has 0 spiro atoms. The Bertz CT molecular complexity index is 707. The van der Waals surface area contributed by atoms with E-state index in [9.17, 15) is 0 Å². The molecular formula is C14H14N4O. The van der Waals surface area contributed by atoms with Crippen LogP contribution in [-0.4, -0.2) is 22.2 Å². The van der Waals surface area contributed by atoms with Crippen LogP contribution in [0.15, 0.2) is 41.1 Å². The molecule has 19 heavy (non-hydrogen) atoms. The zero-order valence-electron chi connectivity index (χ0n) is 10.9. The van der Waals surface area contributed by atoms with E-state index in [4.69, 9.17) is 4.52 Å². The third kappa shape index (κ3) is 2.40. The van der Waals surface area contributed by atoms with Crippen LogP contribution in [-0.2, 0) is 6.54 Å². The summed E-state index contributed by atoms with van der Waals surface area (Å²) in [6, 6.07) is 9.75. The molecule has 0 fully saturated rings. The molecule has 5 heteroatoms. The topological polar surface area (TPSA) is 55.1 Å². The molecule has 3 aromatic rings. The molecule has 0 aliphatic heterocycles. The molecule has 5 nitrogen and oxygen atoms in total. The Morgan fingerprint density at radius 3 is 2.74 bits per heavy atom. The van der Waals surface area contributed by atoms with E-state index < -0.39 is 0 Å². The first-order valence-corrected chi connectivity index (χ1v) is 6.07. The van der Waals surface area contributed by atoms with Crippen molar-refractivity contribution < 1.29 is 4.52 Å². The monoisotopic (exact) mass is 254 g/mol. The highest BCUT2D eigenvalue weighted by molar-refractivity contribution is 5.75. The number of nitrogens with zero attached hydrogens (tertiary/aromatic N) is 4. The summed E-state index contributed by atoms with van der Waals surface area (Å²) in [5.74, 6) is 1.63. The Balaban J connectivity index is 1.86. The van der Waals surface area contributed by atoms with Crippen LogP contribution in [0.2, 0.25) is 0 Å². The maximum atomic E-state index is 5.06. The fourth-order valence-corrected chi connectivity index (χ4v) is 1.95. The van der Waals surface area contributed by atoms with Gasteiger partial charge < -0.3 is 9.42 Å². The highest BCUT2D eigenvalue weighted by Gasteiger charge is 2.08. The number of anilines is 1. The van der Waals surface area contributed by atoms with Crippen molar-refractivity contribution >= 4 is 16.9 Å². The molecular weight excluding hydrogens is 240 g/mol. The van der Waals surface area contributed by atoms with E-state index in [1.165, 1.54) is 0 Å². The predicted molar refractivity (Wildman–Crippen MR) is 72.9 cm³/mol. The second-order valence-electron chi connectivity index (χ2n) is 4.50. The molecule has 0 unspecified atom stereocenters. The van der Waals surface area contributed by atoms with E-state index in [-0.39, 0.29) is 0 Å². The first-order chi connectivity index (χ1) is 9.22. The van der Waals surface area contributed by atoms with Gasteiger partial charge in [-0.2, -0.15) is 0 Å². The molecule has 0 bridgehead atoms. The van der Waals surface area contributed by atoms with Crippen molar-refractivity contribution in [3.8, 4) is 0 Å². The third-order valence-electron chi connectivity index (χ3n) is 2.90. The lowest BCUT2D eigenvalue weighted by Crippen LogP contribution is -2.18. The molecule has 0 atom stereocenters. The molecule has 96 valence electrons. The molecule has 1 aromatic carbocycles. The highest BCUT2D eigenvalue weighted by atomic mass is 16.5. The van der Waals surface area contributed by atoms with Crippen LogP contribution in [0.25, 0.3) is 11.0 Å². The number of para-hydroxylation sites is 2. The Morgan fingerprint density at radius 2 is 2.00 bits per heavy atom. The van der Waals surface area contributed by atoms with Gasteiger partial charge in [0.05, 0.1) is 23.8 Å². The van der Waals surface area contributed by atoms with Crippen LogP contribution < -0.4 is 4.90 Å². The molecule has 2 aromatic heterocycles. The van der Waals surface area contributed by atoms with Gasteiger partial charge in [0, 0.05) is 13.1 Å². The number of hydrogen-bond acceptors (Lipinski definition) is 5. The minimum atomic E-state index is 0.643. The number of rotatable bonds is 3. The summed E-state index contributed by atoms with van der Waals surface area (Å²) < 4.78 is 5.06. The van der Waals surface area contributed by atoms with Crippen LogP contribution in [0.4, 0.5) is 5.82 Å². The second-order valence-corrected chi connectivity index (χ2v) is 4.50. The standard InChI is InChI=1S/C14H14N4O/c1-10-7-11(17-19-10)9-18(2)14-8-15-12-5-3-4-6-13(12)16-14/h3-8H,9H2,1-2H3. The van der Waals surface area contributed by atoms with E-state index in [0.717, 1.165) is 28.3 Å². The SMILES string of the molecule is Cc1cc(CN(C)c2cnc3ccccc3n2)no1. The van der Waals surface area contributed by atoms with Crippen molar-refractivity contribution in [3.63, 3.8) is 0 Å². The molecule has 3 rings (SSSR count). The van der Waals surface area contributed by atoms with Crippen LogP contribution >= 0.6 is 0 Å². The second kappa shape index (κ2) is 4.68. The van der Waals surface area contributed by atoms with Gasteiger partial charge in [-0.25, -0.2) is 4.98 Å². The van der Waals surface area contributed by atoms with Crippen LogP contribution in [0, 0.1) is 6.92 Å². The predicted octanol–water partition coefficient (Wildman–Crippen LogP) is 2.56. The van der Waals surface area contributed by atoms with Crippen molar-refractivity contribution in [1.29, 1.82) is 0 Å². The fraction of sp³-hybridized carbons (Fsp3) is 0.214. The van der Waals surface area contributed by atoms with Gasteiger partial charge in [-0.3, -0.25) is 4.98 Å². The maximum absolute atomic E-state index is 5.06. The summed E-state index contributed by atoms with van der Waals surface area (Å²) >= 11 is 0. The number of aryl methyl sites for hydroxylation is 1. The van der Waals surface area contributed by atoms with Gasteiger partial charge in [-0.05, 0) is 19.1 Å². The number of aromatic nitrogens is 3. The molecule has 0 aliphatic rings. The normalized spacial score (nSPS) is 10.8. The summed E-state index contributed by atoms with van der Waals surface area (Å²) in [5, 5.41) is 3.98. The first-order valence-electron chi connectivity index (χ1n) is 6.07. The van der Waals surface area contributed by atoms with E-state index in [1.807, 2.05) is 49.2 Å². The molecule has 0 aliphatic carbocycles. The lowest BCUT2D eigenvalue weighted by molar-refractivity contribution is 0.390. The van der Waals surface area contributed by atoms with E-state index >= 15 is 0 Å². The highest BCUT2D eigenvalue weighted by Crippen LogP contribution is 2.16. The molecule has 0 saturated heterocycles. The van der Waals surface area contributed by atoms with Crippen LogP contribution in [0.5, 0.6) is 0 Å². The molecule has 0 saturated carbocycles. The minimum absolute atomic E-state index is 0.643. The zero-order valence-corrected chi connectivity index (χ0v) is 10.9. The zero-order chi connectivity index (χ0) is 13.2.